The minimum atomic E-state index is -0.437. The van der Waals surface area contributed by atoms with E-state index < -0.39 is 11.2 Å². The van der Waals surface area contributed by atoms with Gasteiger partial charge in [-0.3, -0.25) is 0 Å². The lowest BCUT2D eigenvalue weighted by Crippen LogP contribution is -2.46. The number of ether oxygens (including phenoxy) is 7. The second-order valence-electron chi connectivity index (χ2n) is 9.79. The van der Waals surface area contributed by atoms with Crippen molar-refractivity contribution in [3.63, 3.8) is 0 Å². The van der Waals surface area contributed by atoms with Gasteiger partial charge in [-0.2, -0.15) is 0 Å². The molecule has 0 N–H and O–H groups in total. The van der Waals surface area contributed by atoms with E-state index in [0.29, 0.717) is 52.9 Å². The topological polar surface area (TPSA) is 64.6 Å². The van der Waals surface area contributed by atoms with Gasteiger partial charge in [0.05, 0.1) is 64.1 Å². The Kier molecular flexibility index (Phi) is 13.1. The van der Waals surface area contributed by atoms with Crippen LogP contribution in [0.1, 0.15) is 80.1 Å². The molecular formula is C26H50O7. The third-order valence-electron chi connectivity index (χ3n) is 6.83. The summed E-state index contributed by atoms with van der Waals surface area (Å²) in [5.74, 6) is 0. The van der Waals surface area contributed by atoms with E-state index in [1.807, 2.05) is 13.8 Å². The van der Waals surface area contributed by atoms with Gasteiger partial charge in [0.1, 0.15) is 11.2 Å². The Balaban J connectivity index is 1.97. The maximum atomic E-state index is 6.47. The molecule has 2 fully saturated rings. The smallest absolute Gasteiger partial charge is 0.115 e. The molecule has 7 nitrogen and oxygen atoms in total. The SMILES string of the molecule is CCOCC1CCC(COCC2(COC(C)CC)CCC(COCC)O2)(COC(C)CC)O1. The van der Waals surface area contributed by atoms with Gasteiger partial charge in [0, 0.05) is 13.2 Å². The zero-order valence-corrected chi connectivity index (χ0v) is 22.1. The summed E-state index contributed by atoms with van der Waals surface area (Å²) in [5, 5.41) is 0. The molecule has 196 valence electrons. The fourth-order valence-corrected chi connectivity index (χ4v) is 4.28. The van der Waals surface area contributed by atoms with E-state index in [-0.39, 0.29) is 24.4 Å². The monoisotopic (exact) mass is 474 g/mol. The summed E-state index contributed by atoms with van der Waals surface area (Å²) in [5.41, 5.74) is -0.874. The average Bonchev–Trinajstić information content (AvgIpc) is 3.43. The van der Waals surface area contributed by atoms with Crippen molar-refractivity contribution < 1.29 is 33.2 Å². The highest BCUT2D eigenvalue weighted by atomic mass is 16.6. The Morgan fingerprint density at radius 1 is 0.667 bits per heavy atom. The van der Waals surface area contributed by atoms with E-state index >= 15 is 0 Å². The van der Waals surface area contributed by atoms with Crippen molar-refractivity contribution in [3.8, 4) is 0 Å². The van der Waals surface area contributed by atoms with Crippen LogP contribution < -0.4 is 0 Å². The normalized spacial score (nSPS) is 31.8. The standard InChI is InChI=1S/C26H50O7/c1-7-21(5)30-19-25(13-11-23(32-25)15-27-9-3)17-29-18-26(20-31-22(6)8-2)14-12-24(33-26)16-28-10-4/h21-24H,7-20H2,1-6H3. The Bertz CT molecular complexity index is 475. The van der Waals surface area contributed by atoms with Gasteiger partial charge >= 0.3 is 0 Å². The predicted molar refractivity (Wildman–Crippen MR) is 129 cm³/mol. The van der Waals surface area contributed by atoms with Crippen LogP contribution in [0.5, 0.6) is 0 Å². The van der Waals surface area contributed by atoms with Gasteiger partial charge in [-0.15, -0.1) is 0 Å². The van der Waals surface area contributed by atoms with Crippen molar-refractivity contribution in [3.05, 3.63) is 0 Å². The first-order valence-corrected chi connectivity index (χ1v) is 13.2. The van der Waals surface area contributed by atoms with Gasteiger partial charge in [0.2, 0.25) is 0 Å². The van der Waals surface area contributed by atoms with Crippen LogP contribution in [-0.4, -0.2) is 88.5 Å². The molecule has 6 unspecified atom stereocenters. The molecule has 2 heterocycles. The summed E-state index contributed by atoms with van der Waals surface area (Å²) >= 11 is 0. The average molecular weight is 475 g/mol. The second-order valence-corrected chi connectivity index (χ2v) is 9.79. The fourth-order valence-electron chi connectivity index (χ4n) is 4.28. The molecule has 0 amide bonds. The number of hydrogen-bond donors (Lipinski definition) is 0. The summed E-state index contributed by atoms with van der Waals surface area (Å²) in [6, 6.07) is 0. The molecular weight excluding hydrogens is 424 g/mol. The fraction of sp³-hybridized carbons (Fsp3) is 1.00. The Hall–Kier alpha value is -0.280. The van der Waals surface area contributed by atoms with E-state index in [1.165, 1.54) is 0 Å². The van der Waals surface area contributed by atoms with E-state index in [4.69, 9.17) is 33.2 Å². The van der Waals surface area contributed by atoms with Crippen molar-refractivity contribution in [2.75, 3.05) is 52.9 Å². The first-order chi connectivity index (χ1) is 15.9. The molecule has 6 atom stereocenters. The molecule has 7 heteroatoms. The first-order valence-electron chi connectivity index (χ1n) is 13.2. The maximum Gasteiger partial charge on any atom is 0.115 e. The van der Waals surface area contributed by atoms with Crippen LogP contribution >= 0.6 is 0 Å². The summed E-state index contributed by atoms with van der Waals surface area (Å²) in [4.78, 5) is 0. The molecule has 0 spiro atoms. The minimum absolute atomic E-state index is 0.0927. The molecule has 0 radical (unpaired) electrons. The molecule has 2 rings (SSSR count). The zero-order valence-electron chi connectivity index (χ0n) is 22.1. The zero-order chi connectivity index (χ0) is 24.2. The Labute approximate surface area is 202 Å². The molecule has 0 saturated carbocycles. The van der Waals surface area contributed by atoms with Gasteiger partial charge in [-0.05, 0) is 66.2 Å². The van der Waals surface area contributed by atoms with Crippen molar-refractivity contribution in [1.29, 1.82) is 0 Å². The van der Waals surface area contributed by atoms with Crippen molar-refractivity contribution in [2.24, 2.45) is 0 Å². The van der Waals surface area contributed by atoms with Crippen LogP contribution in [0.25, 0.3) is 0 Å². The summed E-state index contributed by atoms with van der Waals surface area (Å²) < 4.78 is 42.7. The van der Waals surface area contributed by atoms with E-state index in [1.54, 1.807) is 0 Å². The van der Waals surface area contributed by atoms with E-state index in [2.05, 4.69) is 27.7 Å². The predicted octanol–water partition coefficient (Wildman–Crippen LogP) is 4.54. The molecule has 2 aliphatic heterocycles. The molecule has 0 aromatic carbocycles. The maximum absolute atomic E-state index is 6.47. The third kappa shape index (κ3) is 9.71. The second kappa shape index (κ2) is 15.0. The molecule has 0 aromatic rings. The highest BCUT2D eigenvalue weighted by Crippen LogP contribution is 2.35. The van der Waals surface area contributed by atoms with Crippen LogP contribution in [0.15, 0.2) is 0 Å². The van der Waals surface area contributed by atoms with Crippen molar-refractivity contribution >= 4 is 0 Å². The summed E-state index contributed by atoms with van der Waals surface area (Å²) in [6.07, 6.45) is 6.27. The number of rotatable bonds is 18. The number of hydrogen-bond acceptors (Lipinski definition) is 7. The third-order valence-corrected chi connectivity index (χ3v) is 6.83. The van der Waals surface area contributed by atoms with Crippen molar-refractivity contribution in [2.45, 2.75) is 116 Å². The minimum Gasteiger partial charge on any atom is -0.379 e. The molecule has 33 heavy (non-hydrogen) atoms. The lowest BCUT2D eigenvalue weighted by atomic mass is 10.00. The van der Waals surface area contributed by atoms with Gasteiger partial charge in [0.15, 0.2) is 0 Å². The van der Waals surface area contributed by atoms with Gasteiger partial charge < -0.3 is 33.2 Å². The summed E-state index contributed by atoms with van der Waals surface area (Å²) in [6.45, 7) is 17.2. The van der Waals surface area contributed by atoms with Crippen LogP contribution in [0.4, 0.5) is 0 Å². The van der Waals surface area contributed by atoms with Gasteiger partial charge in [0.25, 0.3) is 0 Å². The van der Waals surface area contributed by atoms with Crippen LogP contribution in [-0.2, 0) is 33.2 Å². The highest BCUT2D eigenvalue weighted by Gasteiger charge is 2.44. The molecule has 0 aliphatic carbocycles. The summed E-state index contributed by atoms with van der Waals surface area (Å²) in [7, 11) is 0. The van der Waals surface area contributed by atoms with Gasteiger partial charge in [-0.1, -0.05) is 13.8 Å². The quantitative estimate of drug-likeness (QED) is 0.289. The van der Waals surface area contributed by atoms with Crippen LogP contribution in [0, 0.1) is 0 Å². The molecule has 2 saturated heterocycles. The largest absolute Gasteiger partial charge is 0.379 e. The Morgan fingerprint density at radius 3 is 1.45 bits per heavy atom. The highest BCUT2D eigenvalue weighted by molar-refractivity contribution is 4.92. The van der Waals surface area contributed by atoms with Crippen LogP contribution in [0.2, 0.25) is 0 Å². The Morgan fingerprint density at radius 2 is 1.09 bits per heavy atom. The van der Waals surface area contributed by atoms with Gasteiger partial charge in [-0.25, -0.2) is 0 Å². The first kappa shape index (κ1) is 29.0. The van der Waals surface area contributed by atoms with E-state index in [9.17, 15) is 0 Å². The lowest BCUT2D eigenvalue weighted by molar-refractivity contribution is -0.179. The molecule has 0 aromatic heterocycles. The molecule has 0 bridgehead atoms. The van der Waals surface area contributed by atoms with E-state index in [0.717, 1.165) is 38.5 Å². The lowest BCUT2D eigenvalue weighted by Gasteiger charge is -2.34. The van der Waals surface area contributed by atoms with Crippen molar-refractivity contribution in [1.82, 2.24) is 0 Å². The molecule has 2 aliphatic rings. The van der Waals surface area contributed by atoms with Crippen LogP contribution in [0.3, 0.4) is 0 Å².